The molecule has 6 aromatic carbocycles. The fourth-order valence-electron chi connectivity index (χ4n) is 5.62. The van der Waals surface area contributed by atoms with Crippen molar-refractivity contribution in [1.82, 2.24) is 9.97 Å². The minimum atomic E-state index is 0.632. The summed E-state index contributed by atoms with van der Waals surface area (Å²) in [5, 5.41) is 7.59. The maximum Gasteiger partial charge on any atom is 0.225 e. The van der Waals surface area contributed by atoms with Crippen molar-refractivity contribution >= 4 is 32.3 Å². The quantitative estimate of drug-likeness (QED) is 0.232. The van der Waals surface area contributed by atoms with Crippen LogP contribution < -0.4 is 0 Å². The van der Waals surface area contributed by atoms with E-state index in [2.05, 4.69) is 107 Å². The second kappa shape index (κ2) is 8.15. The summed E-state index contributed by atoms with van der Waals surface area (Å²) in [7, 11) is 0. The van der Waals surface area contributed by atoms with Crippen LogP contribution in [0.25, 0.3) is 77.5 Å². The molecule has 0 spiro atoms. The van der Waals surface area contributed by atoms with Gasteiger partial charge in [0.2, 0.25) is 11.8 Å². The first-order valence-corrected chi connectivity index (χ1v) is 12.5. The van der Waals surface area contributed by atoms with Crippen molar-refractivity contribution in [3.05, 3.63) is 122 Å². The minimum Gasteiger partial charge on any atom is -0.445 e. The molecule has 0 N–H and O–H groups in total. The van der Waals surface area contributed by atoms with Gasteiger partial charge in [-0.2, -0.15) is 0 Å². The molecule has 0 aliphatic rings. The number of benzene rings is 6. The molecule has 0 unspecified atom stereocenters. The summed E-state index contributed by atoms with van der Waals surface area (Å²) in [5.74, 6) is 1.26. The Morgan fingerprint density at radius 1 is 0.395 bits per heavy atom. The van der Waals surface area contributed by atoms with Crippen LogP contribution in [0.5, 0.6) is 0 Å². The third-order valence-electron chi connectivity index (χ3n) is 7.41. The van der Waals surface area contributed by atoms with Crippen LogP contribution in [0.15, 0.2) is 131 Å². The largest absolute Gasteiger partial charge is 0.445 e. The van der Waals surface area contributed by atoms with Crippen LogP contribution in [0.3, 0.4) is 0 Å². The van der Waals surface area contributed by atoms with E-state index in [1.807, 2.05) is 0 Å². The first-order chi connectivity index (χ1) is 18.8. The van der Waals surface area contributed by atoms with Gasteiger partial charge in [0.05, 0.1) is 12.4 Å². The fourth-order valence-corrected chi connectivity index (χ4v) is 5.62. The Balaban J connectivity index is 1.29. The van der Waals surface area contributed by atoms with E-state index in [4.69, 9.17) is 8.83 Å². The third kappa shape index (κ3) is 3.17. The SMILES string of the molecule is c1coc(-c2ccc(-c3ccc4ccc5c(-c6ccc(-c7ncco7)cc6)ccc6ccc3c4c65)cc2)n1. The normalized spacial score (nSPS) is 11.7. The predicted octanol–water partition coefficient (Wildman–Crippen LogP) is 9.23. The van der Waals surface area contributed by atoms with Gasteiger partial charge in [-0.15, -0.1) is 0 Å². The van der Waals surface area contributed by atoms with Crippen LogP contribution in [-0.4, -0.2) is 9.97 Å². The molecule has 38 heavy (non-hydrogen) atoms. The molecular formula is C34H20N2O2. The minimum absolute atomic E-state index is 0.632. The lowest BCUT2D eigenvalue weighted by atomic mass is 9.87. The van der Waals surface area contributed by atoms with E-state index in [0.29, 0.717) is 11.8 Å². The lowest BCUT2D eigenvalue weighted by molar-refractivity contribution is 0.574. The Kier molecular flexibility index (Phi) is 4.49. The Bertz CT molecular complexity index is 1890. The van der Waals surface area contributed by atoms with Crippen LogP contribution in [0.2, 0.25) is 0 Å². The smallest absolute Gasteiger partial charge is 0.225 e. The van der Waals surface area contributed by atoms with Crippen LogP contribution >= 0.6 is 0 Å². The molecule has 0 atom stereocenters. The van der Waals surface area contributed by atoms with Crippen LogP contribution in [0, 0.1) is 0 Å². The van der Waals surface area contributed by atoms with E-state index in [1.54, 1.807) is 24.9 Å². The van der Waals surface area contributed by atoms with Crippen molar-refractivity contribution in [1.29, 1.82) is 0 Å². The van der Waals surface area contributed by atoms with Gasteiger partial charge in [0.1, 0.15) is 12.5 Å². The summed E-state index contributed by atoms with van der Waals surface area (Å²) in [6, 6.07) is 34.8. The van der Waals surface area contributed by atoms with Gasteiger partial charge in [-0.1, -0.05) is 72.8 Å². The molecule has 0 radical (unpaired) electrons. The highest BCUT2D eigenvalue weighted by Crippen LogP contribution is 2.42. The zero-order valence-electron chi connectivity index (χ0n) is 20.3. The number of aromatic nitrogens is 2. The Morgan fingerprint density at radius 2 is 0.789 bits per heavy atom. The molecule has 2 heterocycles. The van der Waals surface area contributed by atoms with Crippen molar-refractivity contribution in [2.24, 2.45) is 0 Å². The second-order valence-corrected chi connectivity index (χ2v) is 9.48. The molecular weight excluding hydrogens is 468 g/mol. The number of hydrogen-bond acceptors (Lipinski definition) is 4. The maximum atomic E-state index is 5.47. The average Bonchev–Trinajstić information content (AvgIpc) is 3.72. The monoisotopic (exact) mass is 488 g/mol. The molecule has 4 heteroatoms. The van der Waals surface area contributed by atoms with E-state index in [-0.39, 0.29) is 0 Å². The number of hydrogen-bond donors (Lipinski definition) is 0. The van der Waals surface area contributed by atoms with Gasteiger partial charge in [-0.25, -0.2) is 9.97 Å². The Labute approximate surface area is 218 Å². The number of rotatable bonds is 4. The van der Waals surface area contributed by atoms with Gasteiger partial charge in [0.15, 0.2) is 0 Å². The highest BCUT2D eigenvalue weighted by Gasteiger charge is 2.15. The molecule has 0 amide bonds. The summed E-state index contributed by atoms with van der Waals surface area (Å²) in [5.41, 5.74) is 6.70. The summed E-state index contributed by atoms with van der Waals surface area (Å²) in [6.07, 6.45) is 6.54. The van der Waals surface area contributed by atoms with Crippen molar-refractivity contribution < 1.29 is 8.83 Å². The molecule has 0 aliphatic heterocycles. The lowest BCUT2D eigenvalue weighted by Crippen LogP contribution is -1.89. The van der Waals surface area contributed by atoms with Gasteiger partial charge < -0.3 is 8.83 Å². The average molecular weight is 489 g/mol. The molecule has 2 aromatic heterocycles. The van der Waals surface area contributed by atoms with Crippen LogP contribution in [0.4, 0.5) is 0 Å². The molecule has 0 saturated heterocycles. The van der Waals surface area contributed by atoms with Gasteiger partial charge in [-0.05, 0) is 78.8 Å². The maximum absolute atomic E-state index is 5.47. The van der Waals surface area contributed by atoms with Crippen LogP contribution in [0.1, 0.15) is 0 Å². The topological polar surface area (TPSA) is 52.1 Å². The standard InChI is InChI=1S/C34H20N2O2/c1-5-25(33-35-17-19-37-33)6-2-21(1)27-13-9-23-12-16-30-28(14-10-24-11-15-29(27)31(23)32(24)30)22-3-7-26(8-4-22)34-36-18-20-38-34/h1-20H. The summed E-state index contributed by atoms with van der Waals surface area (Å²) >= 11 is 0. The molecule has 0 aliphatic carbocycles. The van der Waals surface area contributed by atoms with E-state index in [0.717, 1.165) is 11.1 Å². The van der Waals surface area contributed by atoms with E-state index < -0.39 is 0 Å². The third-order valence-corrected chi connectivity index (χ3v) is 7.41. The molecule has 8 aromatic rings. The Morgan fingerprint density at radius 3 is 1.18 bits per heavy atom. The van der Waals surface area contributed by atoms with Gasteiger partial charge >= 0.3 is 0 Å². The first-order valence-electron chi connectivity index (χ1n) is 12.5. The van der Waals surface area contributed by atoms with Gasteiger partial charge in [0, 0.05) is 11.1 Å². The highest BCUT2D eigenvalue weighted by atomic mass is 16.3. The van der Waals surface area contributed by atoms with E-state index >= 15 is 0 Å². The molecule has 178 valence electrons. The molecule has 0 bridgehead atoms. The summed E-state index contributed by atoms with van der Waals surface area (Å²) in [6.45, 7) is 0. The summed E-state index contributed by atoms with van der Waals surface area (Å²) < 4.78 is 10.9. The predicted molar refractivity (Wildman–Crippen MR) is 152 cm³/mol. The lowest BCUT2D eigenvalue weighted by Gasteiger charge is -2.16. The second-order valence-electron chi connectivity index (χ2n) is 9.48. The molecule has 4 nitrogen and oxygen atoms in total. The summed E-state index contributed by atoms with van der Waals surface area (Å²) in [4.78, 5) is 8.54. The van der Waals surface area contributed by atoms with E-state index in [9.17, 15) is 0 Å². The Hall–Kier alpha value is -5.22. The zero-order valence-corrected chi connectivity index (χ0v) is 20.3. The molecule has 8 rings (SSSR count). The first kappa shape index (κ1) is 20.9. The molecule has 0 saturated carbocycles. The van der Waals surface area contributed by atoms with Gasteiger partial charge in [-0.3, -0.25) is 0 Å². The van der Waals surface area contributed by atoms with Crippen molar-refractivity contribution in [2.45, 2.75) is 0 Å². The molecule has 0 fully saturated rings. The number of oxazole rings is 2. The number of nitrogens with zero attached hydrogens (tertiary/aromatic N) is 2. The van der Waals surface area contributed by atoms with Crippen molar-refractivity contribution in [2.75, 3.05) is 0 Å². The van der Waals surface area contributed by atoms with Crippen molar-refractivity contribution in [3.8, 4) is 45.2 Å². The zero-order chi connectivity index (χ0) is 25.1. The van der Waals surface area contributed by atoms with Gasteiger partial charge in [0.25, 0.3) is 0 Å². The van der Waals surface area contributed by atoms with E-state index in [1.165, 1.54) is 54.6 Å². The highest BCUT2D eigenvalue weighted by molar-refractivity contribution is 6.27. The van der Waals surface area contributed by atoms with Crippen molar-refractivity contribution in [3.63, 3.8) is 0 Å². The fraction of sp³-hybridized carbons (Fsp3) is 0. The van der Waals surface area contributed by atoms with Crippen LogP contribution in [-0.2, 0) is 0 Å².